The Labute approximate surface area is 232 Å². The summed E-state index contributed by atoms with van der Waals surface area (Å²) in [5.74, 6) is -1.35. The van der Waals surface area contributed by atoms with Gasteiger partial charge in [0, 0.05) is 23.9 Å². The molecule has 1 aromatic heterocycles. The van der Waals surface area contributed by atoms with Crippen molar-refractivity contribution in [3.05, 3.63) is 95.2 Å². The topological polar surface area (TPSA) is 107 Å². The summed E-state index contributed by atoms with van der Waals surface area (Å²) < 4.78 is 12.5. The third kappa shape index (κ3) is 5.43. The maximum Gasteiger partial charge on any atom is 0.419 e. The predicted molar refractivity (Wildman–Crippen MR) is 152 cm³/mol. The van der Waals surface area contributed by atoms with Crippen LogP contribution in [0.1, 0.15) is 48.9 Å². The van der Waals surface area contributed by atoms with E-state index >= 15 is 0 Å². The summed E-state index contributed by atoms with van der Waals surface area (Å²) in [5, 5.41) is 13.2. The fraction of sp³-hybridized carbons (Fsp3) is 0.281. The number of rotatable bonds is 6. The lowest BCUT2D eigenvalue weighted by molar-refractivity contribution is -0.139. The molecular formula is C32H32N2O6. The smallest absolute Gasteiger partial charge is 0.419 e. The second-order valence-corrected chi connectivity index (χ2v) is 11.1. The molecule has 1 atom stereocenters. The van der Waals surface area contributed by atoms with Crippen LogP contribution in [0.15, 0.2) is 72.9 Å². The zero-order chi connectivity index (χ0) is 28.6. The fourth-order valence-electron chi connectivity index (χ4n) is 5.24. The van der Waals surface area contributed by atoms with Gasteiger partial charge in [0.25, 0.3) is 0 Å². The first-order valence-corrected chi connectivity index (χ1v) is 13.2. The Morgan fingerprint density at radius 1 is 0.975 bits per heavy atom. The summed E-state index contributed by atoms with van der Waals surface area (Å²) in [6, 6.07) is 20.3. The molecule has 1 aliphatic rings. The number of carbonyl (C=O) groups excluding carboxylic acids is 2. The quantitative estimate of drug-likeness (QED) is 0.299. The number of aromatic nitrogens is 1. The third-order valence-corrected chi connectivity index (χ3v) is 6.99. The van der Waals surface area contributed by atoms with E-state index in [4.69, 9.17) is 9.47 Å². The van der Waals surface area contributed by atoms with E-state index < -0.39 is 29.8 Å². The average molecular weight is 541 g/mol. The molecular weight excluding hydrogens is 508 g/mol. The highest BCUT2D eigenvalue weighted by Gasteiger charge is 2.30. The first-order chi connectivity index (χ1) is 19.0. The molecule has 3 aromatic carbocycles. The van der Waals surface area contributed by atoms with Gasteiger partial charge in [-0.3, -0.25) is 4.57 Å². The summed E-state index contributed by atoms with van der Waals surface area (Å²) in [6.45, 7) is 7.32. The lowest BCUT2D eigenvalue weighted by Crippen LogP contribution is -2.42. The first kappa shape index (κ1) is 27.0. The summed E-state index contributed by atoms with van der Waals surface area (Å²) in [7, 11) is 0. The average Bonchev–Trinajstić information content (AvgIpc) is 3.41. The molecule has 0 saturated heterocycles. The van der Waals surface area contributed by atoms with Crippen LogP contribution in [0.4, 0.5) is 9.59 Å². The summed E-state index contributed by atoms with van der Waals surface area (Å²) >= 11 is 0. The van der Waals surface area contributed by atoms with Crippen LogP contribution in [0.25, 0.3) is 22.0 Å². The van der Waals surface area contributed by atoms with Crippen molar-refractivity contribution in [1.29, 1.82) is 0 Å². The van der Waals surface area contributed by atoms with Crippen LogP contribution < -0.4 is 5.32 Å². The van der Waals surface area contributed by atoms with Gasteiger partial charge < -0.3 is 19.9 Å². The maximum atomic E-state index is 12.9. The van der Waals surface area contributed by atoms with Gasteiger partial charge in [0.1, 0.15) is 18.2 Å². The first-order valence-electron chi connectivity index (χ1n) is 13.2. The molecule has 1 heterocycles. The Morgan fingerprint density at radius 2 is 1.60 bits per heavy atom. The highest BCUT2D eigenvalue weighted by atomic mass is 16.6. The van der Waals surface area contributed by atoms with Crippen molar-refractivity contribution in [2.75, 3.05) is 6.61 Å². The molecule has 1 amide bonds. The minimum Gasteiger partial charge on any atom is -0.480 e. The highest BCUT2D eigenvalue weighted by molar-refractivity contribution is 5.93. The number of hydrogen-bond acceptors (Lipinski definition) is 5. The number of hydrogen-bond donors (Lipinski definition) is 2. The van der Waals surface area contributed by atoms with Gasteiger partial charge in [0.05, 0.1) is 5.52 Å². The highest BCUT2D eigenvalue weighted by Crippen LogP contribution is 2.44. The fourth-order valence-corrected chi connectivity index (χ4v) is 5.24. The largest absolute Gasteiger partial charge is 0.480 e. The zero-order valence-electron chi connectivity index (χ0n) is 22.9. The number of fused-ring (bicyclic) bond motifs is 4. The molecule has 206 valence electrons. The van der Waals surface area contributed by atoms with Gasteiger partial charge in [0.15, 0.2) is 0 Å². The lowest BCUT2D eigenvalue weighted by Gasteiger charge is -2.19. The SMILES string of the molecule is Cc1ccc2c(c1)c(CC(NC(=O)OCC1c3ccccc3-c3ccccc31)C(=O)O)cn2C(=O)OC(C)(C)C. The molecule has 2 N–H and O–H groups in total. The number of aliphatic carboxylic acids is 1. The Bertz CT molecular complexity index is 1570. The van der Waals surface area contributed by atoms with E-state index in [2.05, 4.69) is 5.32 Å². The van der Waals surface area contributed by atoms with Crippen LogP contribution in [0.2, 0.25) is 0 Å². The monoisotopic (exact) mass is 540 g/mol. The molecule has 0 saturated carbocycles. The van der Waals surface area contributed by atoms with Crippen LogP contribution in [0.3, 0.4) is 0 Å². The number of nitrogens with one attached hydrogen (secondary N) is 1. The summed E-state index contributed by atoms with van der Waals surface area (Å²) in [4.78, 5) is 37.9. The summed E-state index contributed by atoms with van der Waals surface area (Å²) in [5.41, 5.74) is 5.78. The van der Waals surface area contributed by atoms with E-state index in [1.807, 2.05) is 67.6 Å². The van der Waals surface area contributed by atoms with Gasteiger partial charge >= 0.3 is 18.2 Å². The number of carboxylic acids is 1. The van der Waals surface area contributed by atoms with Crippen molar-refractivity contribution in [2.45, 2.75) is 51.7 Å². The van der Waals surface area contributed by atoms with Gasteiger partial charge in [-0.2, -0.15) is 0 Å². The van der Waals surface area contributed by atoms with Gasteiger partial charge in [-0.1, -0.05) is 60.2 Å². The minimum atomic E-state index is -1.27. The van der Waals surface area contributed by atoms with Crippen molar-refractivity contribution >= 4 is 29.1 Å². The number of amides is 1. The molecule has 0 aliphatic heterocycles. The second kappa shape index (κ2) is 10.5. The number of aryl methyl sites for hydroxylation is 1. The molecule has 0 spiro atoms. The molecule has 40 heavy (non-hydrogen) atoms. The van der Waals surface area contributed by atoms with Crippen LogP contribution >= 0.6 is 0 Å². The Morgan fingerprint density at radius 3 is 2.20 bits per heavy atom. The van der Waals surface area contributed by atoms with Crippen LogP contribution in [0.5, 0.6) is 0 Å². The van der Waals surface area contributed by atoms with E-state index in [0.29, 0.717) is 16.5 Å². The van der Waals surface area contributed by atoms with E-state index in [1.165, 1.54) is 4.57 Å². The van der Waals surface area contributed by atoms with Crippen molar-refractivity contribution < 1.29 is 29.0 Å². The van der Waals surface area contributed by atoms with E-state index in [9.17, 15) is 19.5 Å². The van der Waals surface area contributed by atoms with Gasteiger partial charge in [-0.05, 0) is 67.6 Å². The van der Waals surface area contributed by atoms with Gasteiger partial charge in [-0.25, -0.2) is 14.4 Å². The molecule has 5 rings (SSSR count). The number of ether oxygens (including phenoxy) is 2. The number of carbonyl (C=O) groups is 3. The van der Waals surface area contributed by atoms with Crippen LogP contribution in [-0.2, 0) is 20.7 Å². The zero-order valence-corrected chi connectivity index (χ0v) is 22.9. The van der Waals surface area contributed by atoms with Crippen LogP contribution in [0, 0.1) is 6.92 Å². The van der Waals surface area contributed by atoms with E-state index in [0.717, 1.165) is 27.8 Å². The molecule has 1 aliphatic carbocycles. The molecule has 0 radical (unpaired) electrons. The maximum absolute atomic E-state index is 12.9. The van der Waals surface area contributed by atoms with Crippen molar-refractivity contribution in [3.8, 4) is 11.1 Å². The molecule has 8 heteroatoms. The number of benzene rings is 3. The second-order valence-electron chi connectivity index (χ2n) is 11.1. The van der Waals surface area contributed by atoms with Crippen molar-refractivity contribution in [3.63, 3.8) is 0 Å². The molecule has 4 aromatic rings. The standard InChI is InChI=1S/C32H32N2O6/c1-19-13-14-28-25(15-19)20(17-34(28)31(38)40-32(2,3)4)16-27(29(35)36)33-30(37)39-18-26-23-11-7-5-9-21(23)22-10-6-8-12-24(22)26/h5-15,17,26-27H,16,18H2,1-4H3,(H,33,37)(H,35,36). The number of carboxylic acid groups (broad SMARTS) is 1. The minimum absolute atomic E-state index is 0.0463. The Balaban J connectivity index is 1.33. The van der Waals surface area contributed by atoms with Gasteiger partial charge in [0.2, 0.25) is 0 Å². The van der Waals surface area contributed by atoms with Crippen molar-refractivity contribution in [2.24, 2.45) is 0 Å². The van der Waals surface area contributed by atoms with E-state index in [1.54, 1.807) is 33.0 Å². The molecule has 8 nitrogen and oxygen atoms in total. The van der Waals surface area contributed by atoms with E-state index in [-0.39, 0.29) is 18.9 Å². The lowest BCUT2D eigenvalue weighted by atomic mass is 9.98. The third-order valence-electron chi connectivity index (χ3n) is 6.99. The van der Waals surface area contributed by atoms with Crippen molar-refractivity contribution in [1.82, 2.24) is 9.88 Å². The molecule has 1 unspecified atom stereocenters. The predicted octanol–water partition coefficient (Wildman–Crippen LogP) is 6.27. The molecule has 0 bridgehead atoms. The summed E-state index contributed by atoms with van der Waals surface area (Å²) in [6.07, 6.45) is 0.147. The molecule has 0 fully saturated rings. The Hall–Kier alpha value is -4.59. The van der Waals surface area contributed by atoms with Gasteiger partial charge in [-0.15, -0.1) is 0 Å². The number of nitrogens with zero attached hydrogens (tertiary/aromatic N) is 1. The number of alkyl carbamates (subject to hydrolysis) is 1. The normalized spacial score (nSPS) is 13.4. The van der Waals surface area contributed by atoms with Crippen LogP contribution in [-0.4, -0.2) is 46.1 Å². The Kier molecular flexibility index (Phi) is 7.10.